The molecule has 0 saturated carbocycles. The molecule has 0 spiro atoms. The Kier molecular flexibility index (Phi) is 8.14. The second-order valence-electron chi connectivity index (χ2n) is 4.42. The number of hydrogen-bond acceptors (Lipinski definition) is 2. The van der Waals surface area contributed by atoms with Gasteiger partial charge in [0.25, 0.3) is 0 Å². The van der Waals surface area contributed by atoms with Gasteiger partial charge in [0.1, 0.15) is 0 Å². The third-order valence-corrected chi connectivity index (χ3v) is 3.42. The fourth-order valence-electron chi connectivity index (χ4n) is 1.80. The first-order valence-corrected chi connectivity index (χ1v) is 8.19. The SMILES string of the molecule is CCNC(=NCCCSC)N(C)Cc1ccccc1. The minimum atomic E-state index is 0.884. The molecule has 0 aliphatic rings. The Morgan fingerprint density at radius 2 is 2.05 bits per heavy atom. The lowest BCUT2D eigenvalue weighted by molar-refractivity contribution is 0.477. The van der Waals surface area contributed by atoms with Crippen LogP contribution >= 0.6 is 11.8 Å². The van der Waals surface area contributed by atoms with Gasteiger partial charge in [-0.15, -0.1) is 0 Å². The van der Waals surface area contributed by atoms with E-state index in [0.717, 1.165) is 32.0 Å². The summed E-state index contributed by atoms with van der Waals surface area (Å²) in [5.41, 5.74) is 1.31. The van der Waals surface area contributed by atoms with Gasteiger partial charge in [-0.25, -0.2) is 0 Å². The molecule has 0 radical (unpaired) electrons. The lowest BCUT2D eigenvalue weighted by Crippen LogP contribution is -2.38. The van der Waals surface area contributed by atoms with E-state index >= 15 is 0 Å². The van der Waals surface area contributed by atoms with Crippen molar-refractivity contribution >= 4 is 17.7 Å². The molecule has 4 heteroatoms. The summed E-state index contributed by atoms with van der Waals surface area (Å²) >= 11 is 1.87. The van der Waals surface area contributed by atoms with Crippen LogP contribution in [0.1, 0.15) is 18.9 Å². The molecule has 0 atom stereocenters. The number of guanidine groups is 1. The molecule has 3 nitrogen and oxygen atoms in total. The predicted molar refractivity (Wildman–Crippen MR) is 86.9 cm³/mol. The Labute approximate surface area is 121 Å². The van der Waals surface area contributed by atoms with Crippen molar-refractivity contribution in [3.63, 3.8) is 0 Å². The largest absolute Gasteiger partial charge is 0.357 e. The molecule has 0 aliphatic heterocycles. The van der Waals surface area contributed by atoms with Gasteiger partial charge in [0.2, 0.25) is 0 Å². The van der Waals surface area contributed by atoms with Gasteiger partial charge in [0.05, 0.1) is 0 Å². The zero-order valence-electron chi connectivity index (χ0n) is 12.2. The van der Waals surface area contributed by atoms with Crippen LogP contribution in [0.15, 0.2) is 35.3 Å². The quantitative estimate of drug-likeness (QED) is 0.472. The Balaban J connectivity index is 2.54. The minimum absolute atomic E-state index is 0.884. The van der Waals surface area contributed by atoms with E-state index in [4.69, 9.17) is 0 Å². The third-order valence-electron chi connectivity index (χ3n) is 2.73. The Morgan fingerprint density at radius 3 is 2.68 bits per heavy atom. The van der Waals surface area contributed by atoms with E-state index in [2.05, 4.69) is 59.7 Å². The minimum Gasteiger partial charge on any atom is -0.357 e. The summed E-state index contributed by atoms with van der Waals surface area (Å²) in [5.74, 6) is 2.16. The van der Waals surface area contributed by atoms with Crippen LogP contribution in [0.3, 0.4) is 0 Å². The number of aliphatic imine (C=N–C) groups is 1. The molecular formula is C15H25N3S. The van der Waals surface area contributed by atoms with Gasteiger partial charge >= 0.3 is 0 Å². The lowest BCUT2D eigenvalue weighted by Gasteiger charge is -2.22. The van der Waals surface area contributed by atoms with E-state index in [-0.39, 0.29) is 0 Å². The summed E-state index contributed by atoms with van der Waals surface area (Å²) in [6.07, 6.45) is 3.27. The van der Waals surface area contributed by atoms with Crippen molar-refractivity contribution in [1.29, 1.82) is 0 Å². The monoisotopic (exact) mass is 279 g/mol. The fourth-order valence-corrected chi connectivity index (χ4v) is 2.21. The molecule has 0 fully saturated rings. The van der Waals surface area contributed by atoms with Crippen molar-refractivity contribution in [1.82, 2.24) is 10.2 Å². The Hall–Kier alpha value is -1.16. The zero-order chi connectivity index (χ0) is 13.9. The molecule has 19 heavy (non-hydrogen) atoms. The van der Waals surface area contributed by atoms with Crippen LogP contribution in [0.25, 0.3) is 0 Å². The first kappa shape index (κ1) is 15.9. The summed E-state index contributed by atoms with van der Waals surface area (Å²) in [4.78, 5) is 6.84. The summed E-state index contributed by atoms with van der Waals surface area (Å²) in [6, 6.07) is 10.5. The normalized spacial score (nSPS) is 11.4. The van der Waals surface area contributed by atoms with Crippen LogP contribution in [-0.2, 0) is 6.54 Å². The predicted octanol–water partition coefficient (Wildman–Crippen LogP) is 2.84. The van der Waals surface area contributed by atoms with E-state index < -0.39 is 0 Å². The topological polar surface area (TPSA) is 27.6 Å². The highest BCUT2D eigenvalue weighted by atomic mass is 32.2. The molecule has 0 amide bonds. The molecule has 106 valence electrons. The number of rotatable bonds is 7. The Morgan fingerprint density at radius 1 is 1.32 bits per heavy atom. The molecule has 0 aliphatic carbocycles. The molecule has 1 N–H and O–H groups in total. The van der Waals surface area contributed by atoms with Crippen LogP contribution in [0.5, 0.6) is 0 Å². The van der Waals surface area contributed by atoms with Gasteiger partial charge in [0.15, 0.2) is 5.96 Å². The highest BCUT2D eigenvalue weighted by molar-refractivity contribution is 7.98. The van der Waals surface area contributed by atoms with Gasteiger partial charge < -0.3 is 10.2 Å². The highest BCUT2D eigenvalue weighted by Crippen LogP contribution is 2.03. The maximum atomic E-state index is 4.67. The lowest BCUT2D eigenvalue weighted by atomic mass is 10.2. The van der Waals surface area contributed by atoms with Crippen molar-refractivity contribution in [3.05, 3.63) is 35.9 Å². The first-order valence-electron chi connectivity index (χ1n) is 6.80. The molecule has 0 aromatic heterocycles. The maximum absolute atomic E-state index is 4.67. The van der Waals surface area contributed by atoms with Gasteiger partial charge in [-0.1, -0.05) is 30.3 Å². The van der Waals surface area contributed by atoms with Crippen LogP contribution in [-0.4, -0.2) is 43.0 Å². The van der Waals surface area contributed by atoms with E-state index in [1.54, 1.807) is 0 Å². The third kappa shape index (κ3) is 6.53. The number of benzene rings is 1. The summed E-state index contributed by atoms with van der Waals surface area (Å²) < 4.78 is 0. The van der Waals surface area contributed by atoms with E-state index in [0.29, 0.717) is 0 Å². The zero-order valence-corrected chi connectivity index (χ0v) is 13.0. The Bertz CT molecular complexity index is 365. The number of hydrogen-bond donors (Lipinski definition) is 1. The molecular weight excluding hydrogens is 254 g/mol. The van der Waals surface area contributed by atoms with Crippen LogP contribution in [0.2, 0.25) is 0 Å². The van der Waals surface area contributed by atoms with Crippen LogP contribution < -0.4 is 5.32 Å². The van der Waals surface area contributed by atoms with Crippen molar-refractivity contribution < 1.29 is 0 Å². The van der Waals surface area contributed by atoms with E-state index in [1.807, 2.05) is 17.8 Å². The van der Waals surface area contributed by atoms with Gasteiger partial charge in [-0.3, -0.25) is 4.99 Å². The summed E-state index contributed by atoms with van der Waals surface area (Å²) in [7, 11) is 2.09. The maximum Gasteiger partial charge on any atom is 0.193 e. The van der Waals surface area contributed by atoms with E-state index in [1.165, 1.54) is 11.3 Å². The van der Waals surface area contributed by atoms with E-state index in [9.17, 15) is 0 Å². The first-order chi connectivity index (χ1) is 9.27. The molecule has 0 unspecified atom stereocenters. The van der Waals surface area contributed by atoms with Crippen LogP contribution in [0, 0.1) is 0 Å². The molecule has 0 heterocycles. The number of nitrogens with one attached hydrogen (secondary N) is 1. The highest BCUT2D eigenvalue weighted by Gasteiger charge is 2.05. The van der Waals surface area contributed by atoms with Crippen molar-refractivity contribution in [2.75, 3.05) is 32.1 Å². The van der Waals surface area contributed by atoms with Gasteiger partial charge in [0, 0.05) is 26.7 Å². The number of thioether (sulfide) groups is 1. The second kappa shape index (κ2) is 9.73. The van der Waals surface area contributed by atoms with Crippen molar-refractivity contribution in [2.24, 2.45) is 4.99 Å². The van der Waals surface area contributed by atoms with Gasteiger partial charge in [-0.05, 0) is 30.9 Å². The molecule has 1 aromatic carbocycles. The molecule has 1 rings (SSSR count). The average molecular weight is 279 g/mol. The standard InChI is InChI=1S/C15H25N3S/c1-4-16-15(17-11-8-12-19-3)18(2)13-14-9-6-5-7-10-14/h5-7,9-10H,4,8,11-13H2,1-3H3,(H,16,17). The molecule has 0 bridgehead atoms. The van der Waals surface area contributed by atoms with Crippen molar-refractivity contribution in [2.45, 2.75) is 19.9 Å². The summed E-state index contributed by atoms with van der Waals surface area (Å²) in [6.45, 7) is 4.78. The van der Waals surface area contributed by atoms with Crippen molar-refractivity contribution in [3.8, 4) is 0 Å². The van der Waals surface area contributed by atoms with Gasteiger partial charge in [-0.2, -0.15) is 11.8 Å². The second-order valence-corrected chi connectivity index (χ2v) is 5.41. The smallest absolute Gasteiger partial charge is 0.193 e. The average Bonchev–Trinajstić information content (AvgIpc) is 2.43. The number of nitrogens with zero attached hydrogens (tertiary/aromatic N) is 2. The fraction of sp³-hybridized carbons (Fsp3) is 0.533. The molecule has 0 saturated heterocycles. The molecule has 1 aromatic rings. The van der Waals surface area contributed by atoms with Crippen LogP contribution in [0.4, 0.5) is 0 Å². The summed E-state index contributed by atoms with van der Waals surface area (Å²) in [5, 5.41) is 3.35.